The zero-order valence-electron chi connectivity index (χ0n) is 6.11. The van der Waals surface area contributed by atoms with E-state index in [0.29, 0.717) is 12.2 Å². The molecule has 12 heavy (non-hydrogen) atoms. The summed E-state index contributed by atoms with van der Waals surface area (Å²) in [4.78, 5) is 20.2. The number of carbonyl (C=O) groups excluding carboxylic acids is 1. The molecule has 1 heterocycles. The highest BCUT2D eigenvalue weighted by Crippen LogP contribution is 2.06. The van der Waals surface area contributed by atoms with Crippen molar-refractivity contribution in [3.05, 3.63) is 23.7 Å². The van der Waals surface area contributed by atoms with Crippen LogP contribution >= 0.6 is 0 Å². The van der Waals surface area contributed by atoms with Crippen molar-refractivity contribution >= 4 is 12.4 Å². The predicted octanol–water partition coefficient (Wildman–Crippen LogP) is 0.224. The van der Waals surface area contributed by atoms with Gasteiger partial charge in [-0.25, -0.2) is 4.79 Å². The van der Waals surface area contributed by atoms with Crippen molar-refractivity contribution < 1.29 is 19.1 Å². The zero-order valence-corrected chi connectivity index (χ0v) is 6.11. The molecular weight excluding hydrogens is 162 g/mol. The maximum Gasteiger partial charge on any atom is 0.371 e. The van der Waals surface area contributed by atoms with Gasteiger partial charge in [-0.3, -0.25) is 4.79 Å². The first-order chi connectivity index (χ1) is 5.74. The second kappa shape index (κ2) is 3.56. The summed E-state index contributed by atoms with van der Waals surface area (Å²) in [6.45, 7) is 0.205. The lowest BCUT2D eigenvalue weighted by Gasteiger charge is -1.91. The Kier molecular flexibility index (Phi) is 2.47. The fraction of sp³-hybridized carbons (Fsp3) is 0.143. The minimum atomic E-state index is -1.12. The van der Waals surface area contributed by atoms with E-state index in [1.54, 1.807) is 0 Å². The lowest BCUT2D eigenvalue weighted by atomic mass is 10.4. The minimum Gasteiger partial charge on any atom is -0.475 e. The number of carboxylic acid groups (broad SMARTS) is 1. The van der Waals surface area contributed by atoms with Crippen molar-refractivity contribution in [1.29, 1.82) is 0 Å². The van der Waals surface area contributed by atoms with Crippen LogP contribution in [0.5, 0.6) is 0 Å². The molecule has 2 N–H and O–H groups in total. The summed E-state index contributed by atoms with van der Waals surface area (Å²) >= 11 is 0. The topological polar surface area (TPSA) is 79.5 Å². The number of amides is 1. The average molecular weight is 169 g/mol. The highest BCUT2D eigenvalue weighted by atomic mass is 16.4. The van der Waals surface area contributed by atoms with Crippen molar-refractivity contribution in [2.24, 2.45) is 0 Å². The molecular formula is C7H7NO4. The molecule has 1 rings (SSSR count). The molecule has 0 fully saturated rings. The highest BCUT2D eigenvalue weighted by molar-refractivity contribution is 5.84. The predicted molar refractivity (Wildman–Crippen MR) is 38.6 cm³/mol. The molecule has 1 aromatic rings. The Morgan fingerprint density at radius 1 is 1.67 bits per heavy atom. The van der Waals surface area contributed by atoms with E-state index in [-0.39, 0.29) is 12.3 Å². The summed E-state index contributed by atoms with van der Waals surface area (Å²) in [5, 5.41) is 10.8. The fourth-order valence-electron chi connectivity index (χ4n) is 0.730. The molecule has 0 aliphatic rings. The van der Waals surface area contributed by atoms with E-state index in [1.165, 1.54) is 12.1 Å². The molecule has 0 saturated carbocycles. The Labute approximate surface area is 68.0 Å². The first-order valence-electron chi connectivity index (χ1n) is 3.23. The van der Waals surface area contributed by atoms with E-state index < -0.39 is 5.97 Å². The van der Waals surface area contributed by atoms with E-state index >= 15 is 0 Å². The molecule has 5 heteroatoms. The van der Waals surface area contributed by atoms with Gasteiger partial charge in [-0.2, -0.15) is 0 Å². The molecule has 0 spiro atoms. The molecule has 0 saturated heterocycles. The third-order valence-corrected chi connectivity index (χ3v) is 1.23. The first-order valence-corrected chi connectivity index (χ1v) is 3.23. The Hall–Kier alpha value is -1.78. The minimum absolute atomic E-state index is 0.127. The molecule has 1 aromatic heterocycles. The average Bonchev–Trinajstić information content (AvgIpc) is 2.48. The molecule has 1 amide bonds. The van der Waals surface area contributed by atoms with Gasteiger partial charge in [-0.05, 0) is 12.1 Å². The quantitative estimate of drug-likeness (QED) is 0.632. The summed E-state index contributed by atoms with van der Waals surface area (Å²) in [5.74, 6) is -0.829. The van der Waals surface area contributed by atoms with Gasteiger partial charge in [-0.15, -0.1) is 0 Å². The summed E-state index contributed by atoms with van der Waals surface area (Å²) in [5.41, 5.74) is 0. The molecule has 0 atom stereocenters. The van der Waals surface area contributed by atoms with Crippen LogP contribution in [-0.4, -0.2) is 17.5 Å². The van der Waals surface area contributed by atoms with Crippen molar-refractivity contribution in [3.8, 4) is 0 Å². The van der Waals surface area contributed by atoms with Crippen LogP contribution in [0, 0.1) is 0 Å². The smallest absolute Gasteiger partial charge is 0.371 e. The second-order valence-corrected chi connectivity index (χ2v) is 2.07. The van der Waals surface area contributed by atoms with Gasteiger partial charge < -0.3 is 14.8 Å². The lowest BCUT2D eigenvalue weighted by molar-refractivity contribution is -0.109. The SMILES string of the molecule is O=CNCc1ccc(C(=O)O)o1. The third kappa shape index (κ3) is 1.85. The van der Waals surface area contributed by atoms with Gasteiger partial charge in [-0.1, -0.05) is 0 Å². The first kappa shape index (κ1) is 8.32. The molecule has 5 nitrogen and oxygen atoms in total. The standard InChI is InChI=1S/C7H7NO4/c9-4-8-3-5-1-2-6(12-5)7(10)11/h1-2,4H,3H2,(H,8,9)(H,10,11). The van der Waals surface area contributed by atoms with Crippen molar-refractivity contribution in [2.45, 2.75) is 6.54 Å². The number of nitrogens with one attached hydrogen (secondary N) is 1. The second-order valence-electron chi connectivity index (χ2n) is 2.07. The summed E-state index contributed by atoms with van der Waals surface area (Å²) in [6.07, 6.45) is 0.517. The molecule has 0 aromatic carbocycles. The normalized spacial score (nSPS) is 9.33. The van der Waals surface area contributed by atoms with Crippen molar-refractivity contribution in [3.63, 3.8) is 0 Å². The van der Waals surface area contributed by atoms with Crippen molar-refractivity contribution in [2.75, 3.05) is 0 Å². The fourth-order valence-corrected chi connectivity index (χ4v) is 0.730. The van der Waals surface area contributed by atoms with Gasteiger partial charge in [0.2, 0.25) is 12.2 Å². The van der Waals surface area contributed by atoms with Gasteiger partial charge in [0.15, 0.2) is 0 Å². The Balaban J connectivity index is 2.64. The number of aromatic carboxylic acids is 1. The van der Waals surface area contributed by atoms with Crippen molar-refractivity contribution in [1.82, 2.24) is 5.32 Å². The van der Waals surface area contributed by atoms with Crippen LogP contribution in [0.1, 0.15) is 16.3 Å². The van der Waals surface area contributed by atoms with E-state index in [1.807, 2.05) is 0 Å². The monoisotopic (exact) mass is 169 g/mol. The zero-order chi connectivity index (χ0) is 8.97. The van der Waals surface area contributed by atoms with Gasteiger partial charge >= 0.3 is 5.97 Å². The maximum absolute atomic E-state index is 10.3. The number of rotatable bonds is 4. The van der Waals surface area contributed by atoms with Gasteiger partial charge in [0.25, 0.3) is 0 Å². The molecule has 0 unspecified atom stereocenters. The van der Waals surface area contributed by atoms with E-state index in [0.717, 1.165) is 0 Å². The lowest BCUT2D eigenvalue weighted by Crippen LogP contribution is -2.08. The van der Waals surface area contributed by atoms with Gasteiger partial charge in [0.1, 0.15) is 5.76 Å². The maximum atomic E-state index is 10.3. The van der Waals surface area contributed by atoms with Gasteiger partial charge in [0.05, 0.1) is 6.54 Å². The van der Waals surface area contributed by atoms with Crippen LogP contribution < -0.4 is 5.32 Å². The van der Waals surface area contributed by atoms with E-state index in [9.17, 15) is 9.59 Å². The van der Waals surface area contributed by atoms with Crippen LogP contribution in [-0.2, 0) is 11.3 Å². The highest BCUT2D eigenvalue weighted by Gasteiger charge is 2.07. The van der Waals surface area contributed by atoms with Crippen LogP contribution in [0.2, 0.25) is 0 Å². The third-order valence-electron chi connectivity index (χ3n) is 1.23. The Morgan fingerprint density at radius 3 is 2.92 bits per heavy atom. The number of carboxylic acids is 1. The van der Waals surface area contributed by atoms with Crippen LogP contribution in [0.3, 0.4) is 0 Å². The summed E-state index contributed by atoms with van der Waals surface area (Å²) < 4.78 is 4.83. The largest absolute Gasteiger partial charge is 0.475 e. The number of hydrogen-bond donors (Lipinski definition) is 2. The molecule has 0 aliphatic heterocycles. The molecule has 0 aliphatic carbocycles. The van der Waals surface area contributed by atoms with E-state index in [2.05, 4.69) is 5.32 Å². The number of carbonyl (C=O) groups is 2. The number of furan rings is 1. The molecule has 0 bridgehead atoms. The van der Waals surface area contributed by atoms with E-state index in [4.69, 9.17) is 9.52 Å². The molecule has 0 radical (unpaired) electrons. The molecule has 64 valence electrons. The Morgan fingerprint density at radius 2 is 2.42 bits per heavy atom. The number of hydrogen-bond acceptors (Lipinski definition) is 3. The van der Waals surface area contributed by atoms with Gasteiger partial charge in [0, 0.05) is 0 Å². The summed E-state index contributed by atoms with van der Waals surface area (Å²) in [7, 11) is 0. The summed E-state index contributed by atoms with van der Waals surface area (Å²) in [6, 6.07) is 2.84. The Bertz CT molecular complexity index is 291. The van der Waals surface area contributed by atoms with Crippen LogP contribution in [0.4, 0.5) is 0 Å². The van der Waals surface area contributed by atoms with Crippen LogP contribution in [0.15, 0.2) is 16.5 Å². The van der Waals surface area contributed by atoms with Crippen LogP contribution in [0.25, 0.3) is 0 Å².